The smallest absolute Gasteiger partial charge is 0.142 e. The van der Waals surface area contributed by atoms with Gasteiger partial charge in [-0.1, -0.05) is 6.92 Å². The van der Waals surface area contributed by atoms with Gasteiger partial charge in [0.1, 0.15) is 12.1 Å². The quantitative estimate of drug-likeness (QED) is 0.862. The minimum absolute atomic E-state index is 0.813. The molecule has 2 heterocycles. The van der Waals surface area contributed by atoms with Crippen LogP contribution in [0, 0.1) is 0 Å². The summed E-state index contributed by atoms with van der Waals surface area (Å²) in [5, 5.41) is 3.39. The van der Waals surface area contributed by atoms with Crippen LogP contribution in [0.5, 0.6) is 0 Å². The van der Waals surface area contributed by atoms with Crippen molar-refractivity contribution in [3.63, 3.8) is 0 Å². The highest BCUT2D eigenvalue weighted by Crippen LogP contribution is 2.17. The molecule has 0 atom stereocenters. The minimum atomic E-state index is 0.813. The lowest BCUT2D eigenvalue weighted by atomic mass is 10.2. The molecule has 0 saturated carbocycles. The van der Waals surface area contributed by atoms with Crippen molar-refractivity contribution >= 4 is 15.9 Å². The molecule has 90 valence electrons. The van der Waals surface area contributed by atoms with Crippen LogP contribution in [0.4, 0.5) is 0 Å². The van der Waals surface area contributed by atoms with Crippen molar-refractivity contribution in [3.05, 3.63) is 41.0 Å². The maximum Gasteiger partial charge on any atom is 0.142 e. The number of hydrogen-bond acceptors (Lipinski definition) is 3. The minimum Gasteiger partial charge on any atom is -0.313 e. The number of hydrogen-bond donors (Lipinski definition) is 1. The van der Waals surface area contributed by atoms with Crippen LogP contribution in [0.1, 0.15) is 18.9 Å². The molecule has 2 aromatic rings. The molecule has 0 aliphatic rings. The second-order valence-electron chi connectivity index (χ2n) is 3.78. The summed E-state index contributed by atoms with van der Waals surface area (Å²) in [5.74, 6) is 0.925. The molecule has 0 fully saturated rings. The fraction of sp³-hybridized carbons (Fsp3) is 0.333. The van der Waals surface area contributed by atoms with Crippen molar-refractivity contribution in [2.45, 2.75) is 19.9 Å². The highest BCUT2D eigenvalue weighted by atomic mass is 79.9. The lowest BCUT2D eigenvalue weighted by Crippen LogP contribution is -2.16. The van der Waals surface area contributed by atoms with E-state index in [1.54, 1.807) is 18.7 Å². The Morgan fingerprint density at radius 2 is 2.35 bits per heavy atom. The first kappa shape index (κ1) is 12.3. The summed E-state index contributed by atoms with van der Waals surface area (Å²) in [5.41, 5.74) is 1.16. The van der Waals surface area contributed by atoms with Crippen LogP contribution in [0.3, 0.4) is 0 Å². The number of aromatic nitrogens is 3. The molecule has 0 amide bonds. The average Bonchev–Trinajstić information content (AvgIpc) is 2.83. The molecule has 0 spiro atoms. The Morgan fingerprint density at radius 3 is 3.06 bits per heavy atom. The molecule has 0 aliphatic carbocycles. The van der Waals surface area contributed by atoms with Gasteiger partial charge >= 0.3 is 0 Å². The standard InChI is InChI=1S/C12H15BrN4/c1-2-3-14-7-10-6-11(13)8-16-12(10)17-5-4-15-9-17/h4-6,8-9,14H,2-3,7H2,1H3. The van der Waals surface area contributed by atoms with Gasteiger partial charge in [0, 0.05) is 35.2 Å². The van der Waals surface area contributed by atoms with Crippen molar-refractivity contribution in [3.8, 4) is 5.82 Å². The second kappa shape index (κ2) is 5.93. The number of pyridine rings is 1. The number of imidazole rings is 1. The predicted molar refractivity (Wildman–Crippen MR) is 71.1 cm³/mol. The van der Waals surface area contributed by atoms with Gasteiger partial charge in [-0.25, -0.2) is 9.97 Å². The van der Waals surface area contributed by atoms with Crippen molar-refractivity contribution < 1.29 is 0 Å². The van der Waals surface area contributed by atoms with Crippen LogP contribution in [-0.4, -0.2) is 21.1 Å². The van der Waals surface area contributed by atoms with Crippen LogP contribution in [0.2, 0.25) is 0 Å². The van der Waals surface area contributed by atoms with Gasteiger partial charge in [0.15, 0.2) is 0 Å². The van der Waals surface area contributed by atoms with E-state index in [9.17, 15) is 0 Å². The van der Waals surface area contributed by atoms with Crippen LogP contribution in [0.15, 0.2) is 35.5 Å². The van der Waals surface area contributed by atoms with Crippen LogP contribution < -0.4 is 5.32 Å². The first-order valence-electron chi connectivity index (χ1n) is 5.64. The zero-order valence-electron chi connectivity index (χ0n) is 9.73. The molecule has 5 heteroatoms. The molecule has 0 saturated heterocycles. The zero-order valence-corrected chi connectivity index (χ0v) is 11.3. The van der Waals surface area contributed by atoms with Crippen molar-refractivity contribution in [1.29, 1.82) is 0 Å². The molecule has 4 nitrogen and oxygen atoms in total. The van der Waals surface area contributed by atoms with E-state index in [0.717, 1.165) is 35.4 Å². The summed E-state index contributed by atoms with van der Waals surface area (Å²) in [6, 6.07) is 2.09. The summed E-state index contributed by atoms with van der Waals surface area (Å²) < 4.78 is 2.92. The van der Waals surface area contributed by atoms with Gasteiger partial charge in [-0.15, -0.1) is 0 Å². The van der Waals surface area contributed by atoms with Gasteiger partial charge in [0.2, 0.25) is 0 Å². The molecule has 0 unspecified atom stereocenters. The summed E-state index contributed by atoms with van der Waals surface area (Å²) >= 11 is 3.45. The number of nitrogens with one attached hydrogen (secondary N) is 1. The lowest BCUT2D eigenvalue weighted by molar-refractivity contribution is 0.670. The summed E-state index contributed by atoms with van der Waals surface area (Å²) in [6.07, 6.45) is 8.35. The van der Waals surface area contributed by atoms with E-state index in [-0.39, 0.29) is 0 Å². The first-order valence-corrected chi connectivity index (χ1v) is 6.44. The molecule has 2 aromatic heterocycles. The van der Waals surface area contributed by atoms with Crippen LogP contribution in [0.25, 0.3) is 5.82 Å². The Balaban J connectivity index is 2.25. The fourth-order valence-corrected chi connectivity index (χ4v) is 2.00. The molecule has 1 N–H and O–H groups in total. The van der Waals surface area contributed by atoms with Gasteiger partial charge in [0.25, 0.3) is 0 Å². The van der Waals surface area contributed by atoms with E-state index < -0.39 is 0 Å². The third kappa shape index (κ3) is 3.14. The predicted octanol–water partition coefficient (Wildman–Crippen LogP) is 2.53. The fourth-order valence-electron chi connectivity index (χ4n) is 1.62. The maximum absolute atomic E-state index is 4.44. The Kier molecular flexibility index (Phi) is 4.28. The molecular weight excluding hydrogens is 280 g/mol. The van der Waals surface area contributed by atoms with Crippen LogP contribution in [-0.2, 0) is 6.54 Å². The molecule has 0 bridgehead atoms. The molecule has 0 radical (unpaired) electrons. The van der Waals surface area contributed by atoms with Crippen molar-refractivity contribution in [2.75, 3.05) is 6.54 Å². The first-order chi connectivity index (χ1) is 8.31. The largest absolute Gasteiger partial charge is 0.313 e. The molecule has 17 heavy (non-hydrogen) atoms. The van der Waals surface area contributed by atoms with E-state index >= 15 is 0 Å². The van der Waals surface area contributed by atoms with Crippen molar-refractivity contribution in [1.82, 2.24) is 19.9 Å². The van der Waals surface area contributed by atoms with Gasteiger partial charge in [0.05, 0.1) is 0 Å². The summed E-state index contributed by atoms with van der Waals surface area (Å²) in [7, 11) is 0. The van der Waals surface area contributed by atoms with Gasteiger partial charge in [-0.2, -0.15) is 0 Å². The zero-order chi connectivity index (χ0) is 12.1. The monoisotopic (exact) mass is 294 g/mol. The van der Waals surface area contributed by atoms with E-state index in [2.05, 4.69) is 44.2 Å². The summed E-state index contributed by atoms with van der Waals surface area (Å²) in [4.78, 5) is 8.48. The maximum atomic E-state index is 4.44. The number of halogens is 1. The Morgan fingerprint density at radius 1 is 1.47 bits per heavy atom. The van der Waals surface area contributed by atoms with E-state index in [0.29, 0.717) is 0 Å². The lowest BCUT2D eigenvalue weighted by Gasteiger charge is -2.10. The topological polar surface area (TPSA) is 42.7 Å². The Labute approximate surface area is 109 Å². The third-order valence-corrected chi connectivity index (χ3v) is 2.83. The van der Waals surface area contributed by atoms with E-state index in [1.165, 1.54) is 0 Å². The Bertz CT molecular complexity index is 467. The molecule has 0 aliphatic heterocycles. The SMILES string of the molecule is CCCNCc1cc(Br)cnc1-n1ccnc1. The van der Waals surface area contributed by atoms with Gasteiger partial charge in [-0.05, 0) is 35.0 Å². The summed E-state index contributed by atoms with van der Waals surface area (Å²) in [6.45, 7) is 3.98. The normalized spacial score (nSPS) is 10.7. The second-order valence-corrected chi connectivity index (χ2v) is 4.70. The highest BCUT2D eigenvalue weighted by Gasteiger charge is 2.06. The van der Waals surface area contributed by atoms with Crippen molar-refractivity contribution in [2.24, 2.45) is 0 Å². The third-order valence-electron chi connectivity index (χ3n) is 2.40. The van der Waals surface area contributed by atoms with E-state index in [1.807, 2.05) is 10.8 Å². The molecule has 0 aromatic carbocycles. The molecular formula is C12H15BrN4. The molecule has 2 rings (SSSR count). The number of rotatable bonds is 5. The van der Waals surface area contributed by atoms with Crippen LogP contribution >= 0.6 is 15.9 Å². The Hall–Kier alpha value is -1.20. The average molecular weight is 295 g/mol. The number of nitrogens with zero attached hydrogens (tertiary/aromatic N) is 3. The van der Waals surface area contributed by atoms with E-state index in [4.69, 9.17) is 0 Å². The highest BCUT2D eigenvalue weighted by molar-refractivity contribution is 9.10. The van der Waals surface area contributed by atoms with Gasteiger partial charge in [-0.3, -0.25) is 4.57 Å². The van der Waals surface area contributed by atoms with Gasteiger partial charge < -0.3 is 5.32 Å².